The molecule has 0 aliphatic heterocycles. The molecule has 1 N–H and O–H groups in total. The Bertz CT molecular complexity index is 766. The first kappa shape index (κ1) is 11.7. The molecule has 0 saturated carbocycles. The predicted molar refractivity (Wildman–Crippen MR) is 74.1 cm³/mol. The quantitative estimate of drug-likeness (QED) is 0.781. The number of hydrogen-bond donors (Lipinski definition) is 1. The summed E-state index contributed by atoms with van der Waals surface area (Å²) in [6.07, 6.45) is 3.50. The highest BCUT2D eigenvalue weighted by atomic mass is 16.4. The van der Waals surface area contributed by atoms with Crippen molar-refractivity contribution in [2.45, 2.75) is 19.8 Å². The van der Waals surface area contributed by atoms with Crippen molar-refractivity contribution < 1.29 is 4.42 Å². The monoisotopic (exact) mass is 254 g/mol. The van der Waals surface area contributed by atoms with Crippen LogP contribution in [0.3, 0.4) is 0 Å². The summed E-state index contributed by atoms with van der Waals surface area (Å²) in [5.41, 5.74) is 2.66. The van der Waals surface area contributed by atoms with Gasteiger partial charge in [0.1, 0.15) is 0 Å². The normalized spacial score (nSPS) is 11.0. The molecule has 0 spiro atoms. The standard InChI is InChI=1S/C15H14N2O2/c1-2-5-13-14(19-15(18)17-13)11-6-3-8-12-10(11)7-4-9-16-12/h3-4,6-9H,2,5H2,1H3,(H,17,18). The SMILES string of the molecule is CCCc1[nH]c(=O)oc1-c1cccc2ncccc12. The van der Waals surface area contributed by atoms with Gasteiger partial charge in [-0.1, -0.05) is 31.5 Å². The van der Waals surface area contributed by atoms with E-state index in [1.165, 1.54) is 0 Å². The van der Waals surface area contributed by atoms with Crippen LogP contribution >= 0.6 is 0 Å². The second kappa shape index (κ2) is 4.72. The molecular formula is C15H14N2O2. The van der Waals surface area contributed by atoms with Gasteiger partial charge in [0.2, 0.25) is 0 Å². The molecule has 0 bridgehead atoms. The molecule has 4 nitrogen and oxygen atoms in total. The molecule has 3 aromatic rings. The molecular weight excluding hydrogens is 240 g/mol. The van der Waals surface area contributed by atoms with Crippen molar-refractivity contribution >= 4 is 10.9 Å². The summed E-state index contributed by atoms with van der Waals surface area (Å²) in [7, 11) is 0. The van der Waals surface area contributed by atoms with Gasteiger partial charge in [0, 0.05) is 17.1 Å². The third kappa shape index (κ3) is 2.05. The zero-order chi connectivity index (χ0) is 13.2. The molecule has 2 aromatic heterocycles. The van der Waals surface area contributed by atoms with E-state index in [-0.39, 0.29) is 0 Å². The first-order valence-electron chi connectivity index (χ1n) is 6.35. The zero-order valence-electron chi connectivity index (χ0n) is 10.6. The van der Waals surface area contributed by atoms with Crippen LogP contribution in [-0.2, 0) is 6.42 Å². The van der Waals surface area contributed by atoms with E-state index in [2.05, 4.69) is 16.9 Å². The molecule has 1 aromatic carbocycles. The molecule has 0 aliphatic carbocycles. The Balaban J connectivity index is 2.27. The Labute approximate surface area is 110 Å². The minimum Gasteiger partial charge on any atom is -0.408 e. The van der Waals surface area contributed by atoms with Crippen molar-refractivity contribution in [2.24, 2.45) is 0 Å². The van der Waals surface area contributed by atoms with Gasteiger partial charge in [-0.2, -0.15) is 0 Å². The average molecular weight is 254 g/mol. The molecule has 0 unspecified atom stereocenters. The van der Waals surface area contributed by atoms with Gasteiger partial charge in [0.15, 0.2) is 5.76 Å². The Morgan fingerprint density at radius 2 is 2.16 bits per heavy atom. The average Bonchev–Trinajstić information content (AvgIpc) is 2.79. The second-order valence-corrected chi connectivity index (χ2v) is 4.45. The smallest absolute Gasteiger partial charge is 0.408 e. The summed E-state index contributed by atoms with van der Waals surface area (Å²) in [4.78, 5) is 18.5. The number of fused-ring (bicyclic) bond motifs is 1. The van der Waals surface area contributed by atoms with Crippen LogP contribution in [0.4, 0.5) is 0 Å². The van der Waals surface area contributed by atoms with Crippen LogP contribution in [0.15, 0.2) is 45.7 Å². The Morgan fingerprint density at radius 3 is 3.00 bits per heavy atom. The van der Waals surface area contributed by atoms with Crippen LogP contribution in [0.1, 0.15) is 19.0 Å². The van der Waals surface area contributed by atoms with Crippen LogP contribution in [0.5, 0.6) is 0 Å². The van der Waals surface area contributed by atoms with Crippen LogP contribution in [0.25, 0.3) is 22.2 Å². The number of aromatic amines is 1. The largest absolute Gasteiger partial charge is 0.417 e. The van der Waals surface area contributed by atoms with E-state index in [1.54, 1.807) is 6.20 Å². The zero-order valence-corrected chi connectivity index (χ0v) is 10.6. The Hall–Kier alpha value is -2.36. The minimum absolute atomic E-state index is 0.403. The molecule has 2 heterocycles. The third-order valence-electron chi connectivity index (χ3n) is 3.11. The van der Waals surface area contributed by atoms with Gasteiger partial charge in [0.25, 0.3) is 0 Å². The molecule has 0 aliphatic rings. The molecule has 0 amide bonds. The van der Waals surface area contributed by atoms with E-state index >= 15 is 0 Å². The summed E-state index contributed by atoms with van der Waals surface area (Å²) in [5.74, 6) is 0.227. The third-order valence-corrected chi connectivity index (χ3v) is 3.11. The van der Waals surface area contributed by atoms with Gasteiger partial charge in [-0.05, 0) is 18.6 Å². The number of pyridine rings is 1. The number of nitrogens with one attached hydrogen (secondary N) is 1. The molecule has 4 heteroatoms. The van der Waals surface area contributed by atoms with Gasteiger partial charge >= 0.3 is 5.76 Å². The molecule has 96 valence electrons. The summed E-state index contributed by atoms with van der Waals surface area (Å²) < 4.78 is 5.32. The number of nitrogens with zero attached hydrogens (tertiary/aromatic N) is 1. The lowest BCUT2D eigenvalue weighted by Crippen LogP contribution is -1.96. The maximum atomic E-state index is 11.5. The van der Waals surface area contributed by atoms with E-state index in [4.69, 9.17) is 4.42 Å². The maximum absolute atomic E-state index is 11.5. The van der Waals surface area contributed by atoms with E-state index in [0.717, 1.165) is 35.0 Å². The van der Waals surface area contributed by atoms with Crippen molar-refractivity contribution in [1.82, 2.24) is 9.97 Å². The highest BCUT2D eigenvalue weighted by Crippen LogP contribution is 2.29. The lowest BCUT2D eigenvalue weighted by Gasteiger charge is -2.04. The molecule has 0 fully saturated rings. The Morgan fingerprint density at radius 1 is 1.26 bits per heavy atom. The number of oxazole rings is 1. The van der Waals surface area contributed by atoms with E-state index in [1.807, 2.05) is 30.3 Å². The fourth-order valence-electron chi connectivity index (χ4n) is 2.30. The predicted octanol–water partition coefficient (Wildman–Crippen LogP) is 3.14. The van der Waals surface area contributed by atoms with E-state index < -0.39 is 5.76 Å². The van der Waals surface area contributed by atoms with Crippen molar-refractivity contribution in [3.05, 3.63) is 52.8 Å². The topological polar surface area (TPSA) is 58.9 Å². The van der Waals surface area contributed by atoms with Crippen LogP contribution in [-0.4, -0.2) is 9.97 Å². The van der Waals surface area contributed by atoms with Gasteiger partial charge in [0.05, 0.1) is 11.2 Å². The summed E-state index contributed by atoms with van der Waals surface area (Å²) >= 11 is 0. The first-order chi connectivity index (χ1) is 9.29. The number of aryl methyl sites for hydroxylation is 1. The van der Waals surface area contributed by atoms with Gasteiger partial charge < -0.3 is 4.42 Å². The molecule has 0 atom stereocenters. The number of benzene rings is 1. The summed E-state index contributed by atoms with van der Waals surface area (Å²) in [6, 6.07) is 9.70. The van der Waals surface area contributed by atoms with Gasteiger partial charge in [-0.25, -0.2) is 4.79 Å². The summed E-state index contributed by atoms with van der Waals surface area (Å²) in [6.45, 7) is 2.07. The van der Waals surface area contributed by atoms with Crippen molar-refractivity contribution in [3.63, 3.8) is 0 Å². The summed E-state index contributed by atoms with van der Waals surface area (Å²) in [5, 5.41) is 0.991. The molecule has 3 rings (SSSR count). The molecule has 0 radical (unpaired) electrons. The number of aromatic nitrogens is 2. The minimum atomic E-state index is -0.403. The highest BCUT2D eigenvalue weighted by molar-refractivity contribution is 5.93. The van der Waals surface area contributed by atoms with Crippen molar-refractivity contribution in [3.8, 4) is 11.3 Å². The van der Waals surface area contributed by atoms with Crippen molar-refractivity contribution in [2.75, 3.05) is 0 Å². The number of hydrogen-bond acceptors (Lipinski definition) is 3. The van der Waals surface area contributed by atoms with Gasteiger partial charge in [-0.15, -0.1) is 0 Å². The van der Waals surface area contributed by atoms with Crippen LogP contribution in [0, 0.1) is 0 Å². The van der Waals surface area contributed by atoms with Crippen LogP contribution < -0.4 is 5.76 Å². The lowest BCUT2D eigenvalue weighted by atomic mass is 10.0. The number of rotatable bonds is 3. The van der Waals surface area contributed by atoms with Crippen LogP contribution in [0.2, 0.25) is 0 Å². The molecule has 0 saturated heterocycles. The Kier molecular flexibility index (Phi) is 2.91. The highest BCUT2D eigenvalue weighted by Gasteiger charge is 2.14. The number of H-pyrrole nitrogens is 1. The van der Waals surface area contributed by atoms with Crippen molar-refractivity contribution in [1.29, 1.82) is 0 Å². The fourth-order valence-corrected chi connectivity index (χ4v) is 2.30. The van der Waals surface area contributed by atoms with E-state index in [0.29, 0.717) is 5.76 Å². The first-order valence-corrected chi connectivity index (χ1v) is 6.35. The molecule has 19 heavy (non-hydrogen) atoms. The lowest BCUT2D eigenvalue weighted by molar-refractivity contribution is 0.528. The fraction of sp³-hybridized carbons (Fsp3) is 0.200. The van der Waals surface area contributed by atoms with E-state index in [9.17, 15) is 4.79 Å². The maximum Gasteiger partial charge on any atom is 0.417 e. The second-order valence-electron chi connectivity index (χ2n) is 4.45. The van der Waals surface area contributed by atoms with Gasteiger partial charge in [-0.3, -0.25) is 9.97 Å².